The Bertz CT molecular complexity index is 606. The quantitative estimate of drug-likeness (QED) is 0.750. The zero-order valence-electron chi connectivity index (χ0n) is 14.7. The van der Waals surface area contributed by atoms with Crippen molar-refractivity contribution in [3.05, 3.63) is 30.1 Å². The molecule has 25 heavy (non-hydrogen) atoms. The molecular formula is C17H25N5O3. The molecule has 1 aliphatic rings. The van der Waals surface area contributed by atoms with E-state index >= 15 is 0 Å². The van der Waals surface area contributed by atoms with E-state index in [0.717, 1.165) is 12.8 Å². The highest BCUT2D eigenvalue weighted by Gasteiger charge is 2.28. The van der Waals surface area contributed by atoms with Crippen LogP contribution in [0.4, 0.5) is 4.79 Å². The van der Waals surface area contributed by atoms with Gasteiger partial charge in [-0.3, -0.25) is 14.6 Å². The van der Waals surface area contributed by atoms with E-state index < -0.39 is 0 Å². The van der Waals surface area contributed by atoms with E-state index in [1.807, 2.05) is 0 Å². The molecule has 136 valence electrons. The van der Waals surface area contributed by atoms with Gasteiger partial charge in [-0.15, -0.1) is 0 Å². The number of pyridine rings is 1. The largest absolute Gasteiger partial charge is 0.354 e. The van der Waals surface area contributed by atoms with Crippen molar-refractivity contribution in [1.82, 2.24) is 25.4 Å². The molecule has 8 heteroatoms. The number of rotatable bonds is 5. The van der Waals surface area contributed by atoms with Crippen LogP contribution in [0.1, 0.15) is 23.2 Å². The Morgan fingerprint density at radius 2 is 2.04 bits per heavy atom. The number of amides is 4. The van der Waals surface area contributed by atoms with Crippen molar-refractivity contribution < 1.29 is 14.4 Å². The van der Waals surface area contributed by atoms with Crippen LogP contribution < -0.4 is 10.6 Å². The van der Waals surface area contributed by atoms with E-state index in [4.69, 9.17) is 0 Å². The molecule has 8 nitrogen and oxygen atoms in total. The van der Waals surface area contributed by atoms with Gasteiger partial charge in [-0.1, -0.05) is 0 Å². The number of hydrogen-bond acceptors (Lipinski definition) is 4. The maximum absolute atomic E-state index is 12.3. The smallest absolute Gasteiger partial charge is 0.319 e. The van der Waals surface area contributed by atoms with Gasteiger partial charge in [0, 0.05) is 52.7 Å². The summed E-state index contributed by atoms with van der Waals surface area (Å²) in [6, 6.07) is 3.31. The van der Waals surface area contributed by atoms with Gasteiger partial charge in [0.15, 0.2) is 0 Å². The molecule has 0 aliphatic carbocycles. The van der Waals surface area contributed by atoms with Crippen LogP contribution >= 0.6 is 0 Å². The minimum atomic E-state index is -0.220. The average molecular weight is 347 g/mol. The Hall–Kier alpha value is -2.64. The fourth-order valence-corrected chi connectivity index (χ4v) is 2.75. The number of piperidine rings is 1. The van der Waals surface area contributed by atoms with E-state index in [0.29, 0.717) is 31.7 Å². The van der Waals surface area contributed by atoms with E-state index in [-0.39, 0.29) is 23.8 Å². The van der Waals surface area contributed by atoms with Crippen molar-refractivity contribution in [3.63, 3.8) is 0 Å². The molecule has 1 aromatic rings. The van der Waals surface area contributed by atoms with Gasteiger partial charge < -0.3 is 20.4 Å². The summed E-state index contributed by atoms with van der Waals surface area (Å²) in [6.45, 7) is 1.81. The molecule has 2 rings (SSSR count). The van der Waals surface area contributed by atoms with Gasteiger partial charge in [0.25, 0.3) is 5.91 Å². The first-order chi connectivity index (χ1) is 12.0. The Morgan fingerprint density at radius 1 is 1.28 bits per heavy atom. The average Bonchev–Trinajstić information content (AvgIpc) is 2.65. The highest BCUT2D eigenvalue weighted by atomic mass is 16.2. The molecule has 2 N–H and O–H groups in total. The molecule has 0 bridgehead atoms. The van der Waals surface area contributed by atoms with Gasteiger partial charge in [-0.2, -0.15) is 0 Å². The second kappa shape index (κ2) is 9.00. The molecule has 0 unspecified atom stereocenters. The summed E-state index contributed by atoms with van der Waals surface area (Å²) in [4.78, 5) is 43.2. The molecular weight excluding hydrogens is 322 g/mol. The number of carbonyl (C=O) groups excluding carboxylic acids is 3. The highest BCUT2D eigenvalue weighted by Crippen LogP contribution is 2.17. The summed E-state index contributed by atoms with van der Waals surface area (Å²) < 4.78 is 0. The van der Waals surface area contributed by atoms with Gasteiger partial charge >= 0.3 is 6.03 Å². The Labute approximate surface area is 147 Å². The molecule has 1 atom stereocenters. The van der Waals surface area contributed by atoms with Crippen LogP contribution in [0.25, 0.3) is 0 Å². The fourth-order valence-electron chi connectivity index (χ4n) is 2.75. The minimum absolute atomic E-state index is 0.0683. The van der Waals surface area contributed by atoms with Gasteiger partial charge in [0.1, 0.15) is 0 Å². The third-order valence-electron chi connectivity index (χ3n) is 4.08. The van der Waals surface area contributed by atoms with Gasteiger partial charge in [0.2, 0.25) is 5.91 Å². The fraction of sp³-hybridized carbons (Fsp3) is 0.529. The molecule has 0 aromatic carbocycles. The lowest BCUT2D eigenvalue weighted by Gasteiger charge is -2.33. The van der Waals surface area contributed by atoms with Crippen molar-refractivity contribution in [2.45, 2.75) is 12.8 Å². The molecule has 1 saturated heterocycles. The number of aromatic nitrogens is 1. The van der Waals surface area contributed by atoms with E-state index in [1.165, 1.54) is 11.1 Å². The molecule has 0 spiro atoms. The van der Waals surface area contributed by atoms with E-state index in [9.17, 15) is 14.4 Å². The third-order valence-corrected chi connectivity index (χ3v) is 4.08. The second-order valence-corrected chi connectivity index (χ2v) is 6.25. The summed E-state index contributed by atoms with van der Waals surface area (Å²) in [5, 5.41) is 5.56. The van der Waals surface area contributed by atoms with E-state index in [2.05, 4.69) is 15.6 Å². The first kappa shape index (κ1) is 18.7. The standard InChI is InChI=1S/C17H25N5O3/c1-21(2)17(25)22-10-4-6-14(12-22)16(24)20-9-8-19-15(23)13-5-3-7-18-11-13/h3,5,7,11,14H,4,6,8-10,12H2,1-2H3,(H,19,23)(H,20,24)/t14-/m1/s1. The summed E-state index contributed by atoms with van der Waals surface area (Å²) in [7, 11) is 3.41. The van der Waals surface area contributed by atoms with Crippen LogP contribution in [0.5, 0.6) is 0 Å². The van der Waals surface area contributed by atoms with Crippen LogP contribution in [0.2, 0.25) is 0 Å². The summed E-state index contributed by atoms with van der Waals surface area (Å²) in [5.74, 6) is -0.499. The lowest BCUT2D eigenvalue weighted by molar-refractivity contribution is -0.126. The lowest BCUT2D eigenvalue weighted by Crippen LogP contribution is -2.49. The van der Waals surface area contributed by atoms with Crippen LogP contribution in [0.15, 0.2) is 24.5 Å². The van der Waals surface area contributed by atoms with Crippen molar-refractivity contribution in [3.8, 4) is 0 Å². The maximum atomic E-state index is 12.3. The van der Waals surface area contributed by atoms with Gasteiger partial charge in [-0.25, -0.2) is 4.79 Å². The van der Waals surface area contributed by atoms with Crippen molar-refractivity contribution in [2.75, 3.05) is 40.3 Å². The zero-order valence-corrected chi connectivity index (χ0v) is 14.7. The molecule has 1 aliphatic heterocycles. The molecule has 0 saturated carbocycles. The van der Waals surface area contributed by atoms with Crippen LogP contribution in [-0.4, -0.2) is 72.9 Å². The number of nitrogens with one attached hydrogen (secondary N) is 2. The third kappa shape index (κ3) is 5.44. The molecule has 2 heterocycles. The molecule has 0 radical (unpaired) electrons. The number of likely N-dealkylation sites (tertiary alicyclic amines) is 1. The predicted molar refractivity (Wildman–Crippen MR) is 93.0 cm³/mol. The number of urea groups is 1. The highest BCUT2D eigenvalue weighted by molar-refractivity contribution is 5.93. The molecule has 1 fully saturated rings. The predicted octanol–water partition coefficient (Wildman–Crippen LogP) is 0.321. The zero-order chi connectivity index (χ0) is 18.2. The van der Waals surface area contributed by atoms with Crippen LogP contribution in [0.3, 0.4) is 0 Å². The minimum Gasteiger partial charge on any atom is -0.354 e. The summed E-state index contributed by atoms with van der Waals surface area (Å²) in [5.41, 5.74) is 0.485. The van der Waals surface area contributed by atoms with Crippen molar-refractivity contribution in [1.29, 1.82) is 0 Å². The number of carbonyl (C=O) groups is 3. The Balaban J connectivity index is 1.71. The molecule has 1 aromatic heterocycles. The Morgan fingerprint density at radius 3 is 2.72 bits per heavy atom. The Kier molecular flexibility index (Phi) is 6.73. The number of hydrogen-bond donors (Lipinski definition) is 2. The van der Waals surface area contributed by atoms with Gasteiger partial charge in [-0.05, 0) is 25.0 Å². The topological polar surface area (TPSA) is 94.6 Å². The monoisotopic (exact) mass is 347 g/mol. The van der Waals surface area contributed by atoms with Crippen molar-refractivity contribution >= 4 is 17.8 Å². The van der Waals surface area contributed by atoms with E-state index in [1.54, 1.807) is 37.3 Å². The normalized spacial score (nSPS) is 16.9. The van der Waals surface area contributed by atoms with Crippen LogP contribution in [-0.2, 0) is 4.79 Å². The van der Waals surface area contributed by atoms with Gasteiger partial charge in [0.05, 0.1) is 11.5 Å². The first-order valence-electron chi connectivity index (χ1n) is 8.41. The second-order valence-electron chi connectivity index (χ2n) is 6.25. The molecule has 4 amide bonds. The first-order valence-corrected chi connectivity index (χ1v) is 8.41. The van der Waals surface area contributed by atoms with Crippen molar-refractivity contribution in [2.24, 2.45) is 5.92 Å². The lowest BCUT2D eigenvalue weighted by atomic mass is 9.97. The number of nitrogens with zero attached hydrogens (tertiary/aromatic N) is 3. The maximum Gasteiger partial charge on any atom is 0.319 e. The SMILES string of the molecule is CN(C)C(=O)N1CCC[C@@H](C(=O)NCCNC(=O)c2cccnc2)C1. The summed E-state index contributed by atoms with van der Waals surface area (Å²) >= 11 is 0. The van der Waals surface area contributed by atoms with Crippen LogP contribution in [0, 0.1) is 5.92 Å². The summed E-state index contributed by atoms with van der Waals surface area (Å²) in [6.07, 6.45) is 4.68.